The van der Waals surface area contributed by atoms with Gasteiger partial charge in [-0.05, 0) is 44.3 Å². The molecule has 1 aliphatic rings. The normalized spacial score (nSPS) is 21.4. The smallest absolute Gasteiger partial charge is 0.360 e. The maximum Gasteiger partial charge on any atom is 0.433 e. The van der Waals surface area contributed by atoms with Crippen LogP contribution >= 0.6 is 12.2 Å². The Labute approximate surface area is 151 Å². The maximum absolute atomic E-state index is 13.2. The molecule has 0 amide bonds. The fourth-order valence-corrected chi connectivity index (χ4v) is 3.37. The zero-order valence-corrected chi connectivity index (χ0v) is 15.6. The number of hydrogen-bond donors (Lipinski definition) is 2. The van der Waals surface area contributed by atoms with Crippen LogP contribution < -0.4 is 15.5 Å². The van der Waals surface area contributed by atoms with E-state index in [0.717, 1.165) is 12.5 Å². The first-order valence-electron chi connectivity index (χ1n) is 8.33. The van der Waals surface area contributed by atoms with E-state index < -0.39 is 11.9 Å². The predicted molar refractivity (Wildman–Crippen MR) is 96.7 cm³/mol. The largest absolute Gasteiger partial charge is 0.433 e. The summed E-state index contributed by atoms with van der Waals surface area (Å²) in [5.74, 6) is 0.922. The van der Waals surface area contributed by atoms with Gasteiger partial charge in [0.15, 0.2) is 10.8 Å². The third-order valence-corrected chi connectivity index (χ3v) is 4.06. The molecule has 1 aromatic heterocycles. The van der Waals surface area contributed by atoms with Gasteiger partial charge in [-0.25, -0.2) is 4.98 Å². The van der Waals surface area contributed by atoms with Crippen LogP contribution in [0.5, 0.6) is 0 Å². The molecule has 0 aliphatic carbocycles. The zero-order chi connectivity index (χ0) is 18.8. The molecule has 2 N–H and O–H groups in total. The second-order valence-corrected chi connectivity index (χ2v) is 7.45. The lowest BCUT2D eigenvalue weighted by molar-refractivity contribution is -0.141. The van der Waals surface area contributed by atoms with Crippen molar-refractivity contribution in [2.45, 2.75) is 46.3 Å². The summed E-state index contributed by atoms with van der Waals surface area (Å²) in [6.07, 6.45) is -3.49. The van der Waals surface area contributed by atoms with E-state index in [2.05, 4.69) is 34.4 Å². The van der Waals surface area contributed by atoms with Crippen LogP contribution in [-0.2, 0) is 6.18 Å². The number of halogens is 3. The number of rotatable bonds is 3. The molecule has 1 saturated heterocycles. The Hall–Kier alpha value is -1.64. The van der Waals surface area contributed by atoms with Crippen molar-refractivity contribution in [2.24, 2.45) is 11.8 Å². The van der Waals surface area contributed by atoms with E-state index in [-0.39, 0.29) is 22.9 Å². The lowest BCUT2D eigenvalue weighted by Gasteiger charge is -2.36. The van der Waals surface area contributed by atoms with Gasteiger partial charge in [0.25, 0.3) is 0 Å². The van der Waals surface area contributed by atoms with Crippen LogP contribution in [0.25, 0.3) is 0 Å². The first kappa shape index (κ1) is 19.7. The van der Waals surface area contributed by atoms with E-state index in [0.29, 0.717) is 24.9 Å². The number of alkyl halides is 3. The van der Waals surface area contributed by atoms with Crippen molar-refractivity contribution in [2.75, 3.05) is 23.3 Å². The average Bonchev–Trinajstić information content (AvgIpc) is 2.43. The van der Waals surface area contributed by atoms with E-state index in [1.165, 1.54) is 0 Å². The minimum absolute atomic E-state index is 0.0501. The maximum atomic E-state index is 13.2. The van der Waals surface area contributed by atoms with Crippen LogP contribution in [0.3, 0.4) is 0 Å². The van der Waals surface area contributed by atoms with E-state index in [1.54, 1.807) is 0 Å². The predicted octanol–water partition coefficient (Wildman–Crippen LogP) is 3.67. The first-order valence-corrected chi connectivity index (χ1v) is 8.74. The highest BCUT2D eigenvalue weighted by Gasteiger charge is 2.35. The molecule has 2 rings (SSSR count). The second kappa shape index (κ2) is 7.72. The molecule has 1 aromatic rings. The summed E-state index contributed by atoms with van der Waals surface area (Å²) in [5, 5.41) is 5.76. The molecule has 0 radical (unpaired) electrons. The molecule has 9 heteroatoms. The Morgan fingerprint density at radius 1 is 1.24 bits per heavy atom. The molecule has 2 heterocycles. The van der Waals surface area contributed by atoms with Crippen molar-refractivity contribution < 1.29 is 13.2 Å². The van der Waals surface area contributed by atoms with E-state index in [9.17, 15) is 13.2 Å². The van der Waals surface area contributed by atoms with Crippen LogP contribution in [0, 0.1) is 11.8 Å². The molecule has 0 saturated carbocycles. The van der Waals surface area contributed by atoms with Crippen LogP contribution in [0.2, 0.25) is 0 Å². The summed E-state index contributed by atoms with van der Waals surface area (Å²) < 4.78 is 39.7. The summed E-state index contributed by atoms with van der Waals surface area (Å²) in [5.41, 5.74) is -0.974. The van der Waals surface area contributed by atoms with Crippen molar-refractivity contribution in [3.8, 4) is 0 Å². The minimum Gasteiger partial charge on any atom is -0.360 e. The topological polar surface area (TPSA) is 53.1 Å². The van der Waals surface area contributed by atoms with Gasteiger partial charge in [0.1, 0.15) is 5.82 Å². The number of nitrogens with zero attached hydrogens (tertiary/aromatic N) is 3. The monoisotopic (exact) mass is 375 g/mol. The molecule has 0 bridgehead atoms. The Bertz CT molecular complexity index is 610. The highest BCUT2D eigenvalue weighted by atomic mass is 32.1. The van der Waals surface area contributed by atoms with Gasteiger partial charge >= 0.3 is 6.18 Å². The molecule has 0 spiro atoms. The first-order chi connectivity index (χ1) is 11.5. The third kappa shape index (κ3) is 5.69. The molecule has 5 nitrogen and oxygen atoms in total. The number of anilines is 2. The number of piperidine rings is 1. The molecule has 0 unspecified atom stereocenters. The van der Waals surface area contributed by atoms with E-state index in [4.69, 9.17) is 12.2 Å². The van der Waals surface area contributed by atoms with Crippen LogP contribution in [0.1, 0.15) is 39.8 Å². The van der Waals surface area contributed by atoms with Crippen LogP contribution in [-0.4, -0.2) is 34.2 Å². The van der Waals surface area contributed by atoms with Gasteiger partial charge < -0.3 is 15.5 Å². The van der Waals surface area contributed by atoms with Gasteiger partial charge in [-0.2, -0.15) is 18.2 Å². The lowest BCUT2D eigenvalue weighted by atomic mass is 9.92. The lowest BCUT2D eigenvalue weighted by Crippen LogP contribution is -2.40. The Morgan fingerprint density at radius 3 is 2.36 bits per heavy atom. The van der Waals surface area contributed by atoms with Gasteiger partial charge in [-0.3, -0.25) is 0 Å². The van der Waals surface area contributed by atoms with E-state index >= 15 is 0 Å². The summed E-state index contributed by atoms with van der Waals surface area (Å²) >= 11 is 5.09. The van der Waals surface area contributed by atoms with Crippen molar-refractivity contribution in [1.82, 2.24) is 15.3 Å². The SMILES string of the molecule is CC(C)NC(=S)Nc1nc(N2C[C@@H](C)C[C@H](C)C2)cc(C(F)(F)F)n1. The molecule has 25 heavy (non-hydrogen) atoms. The van der Waals surface area contributed by atoms with Gasteiger partial charge in [0, 0.05) is 25.2 Å². The summed E-state index contributed by atoms with van der Waals surface area (Å²) in [7, 11) is 0. The Morgan fingerprint density at radius 2 is 1.84 bits per heavy atom. The Kier molecular flexibility index (Phi) is 6.08. The van der Waals surface area contributed by atoms with Gasteiger partial charge in [0.2, 0.25) is 5.95 Å². The quantitative estimate of drug-likeness (QED) is 0.786. The minimum atomic E-state index is -4.55. The summed E-state index contributed by atoms with van der Waals surface area (Å²) in [6, 6.07) is 1.06. The summed E-state index contributed by atoms with van der Waals surface area (Å²) in [6.45, 7) is 9.29. The van der Waals surface area contributed by atoms with Crippen molar-refractivity contribution in [3.05, 3.63) is 11.8 Å². The highest BCUT2D eigenvalue weighted by molar-refractivity contribution is 7.80. The molecular weight excluding hydrogens is 351 g/mol. The molecule has 2 atom stereocenters. The number of thiocarbonyl (C=S) groups is 1. The van der Waals surface area contributed by atoms with Crippen LogP contribution in [0.15, 0.2) is 6.07 Å². The Balaban J connectivity index is 2.32. The average molecular weight is 375 g/mol. The highest BCUT2D eigenvalue weighted by Crippen LogP contribution is 2.32. The fourth-order valence-electron chi connectivity index (χ4n) is 3.05. The molecule has 1 aliphatic heterocycles. The number of nitrogens with one attached hydrogen (secondary N) is 2. The number of hydrogen-bond acceptors (Lipinski definition) is 4. The molecule has 1 fully saturated rings. The van der Waals surface area contributed by atoms with Gasteiger partial charge in [-0.1, -0.05) is 13.8 Å². The second-order valence-electron chi connectivity index (χ2n) is 7.04. The molecule has 0 aromatic carbocycles. The zero-order valence-electron chi connectivity index (χ0n) is 14.8. The van der Waals surface area contributed by atoms with Crippen LogP contribution in [0.4, 0.5) is 24.9 Å². The molecular formula is C16H24F3N5S. The van der Waals surface area contributed by atoms with Gasteiger partial charge in [0.05, 0.1) is 0 Å². The fraction of sp³-hybridized carbons (Fsp3) is 0.688. The third-order valence-electron chi connectivity index (χ3n) is 3.84. The van der Waals surface area contributed by atoms with E-state index in [1.807, 2.05) is 18.7 Å². The van der Waals surface area contributed by atoms with Crippen molar-refractivity contribution >= 4 is 29.1 Å². The van der Waals surface area contributed by atoms with Crippen molar-refractivity contribution in [3.63, 3.8) is 0 Å². The summed E-state index contributed by atoms with van der Waals surface area (Å²) in [4.78, 5) is 9.74. The van der Waals surface area contributed by atoms with Gasteiger partial charge in [-0.15, -0.1) is 0 Å². The number of aromatic nitrogens is 2. The van der Waals surface area contributed by atoms with Crippen molar-refractivity contribution in [1.29, 1.82) is 0 Å². The molecule has 140 valence electrons. The standard InChI is InChI=1S/C16H24F3N5S/c1-9(2)20-15(25)23-14-21-12(16(17,18)19)6-13(22-14)24-7-10(3)5-11(4)8-24/h6,9-11H,5,7-8H2,1-4H3,(H2,20,21,22,23,25)/t10-,11-/m0/s1.